The maximum absolute atomic E-state index is 14.5. The Kier molecular flexibility index (Phi) is 7.46. The molecule has 0 radical (unpaired) electrons. The van der Waals surface area contributed by atoms with Gasteiger partial charge in [-0.3, -0.25) is 9.69 Å². The standard InChI is InChI=1S/C28H31FN4O2S/c1-19-14-33(15-20(2)35-19)28(34)26-18-36-27(31-26)17-32(16-22-7-3-5-9-24(22)29)12-11-21-13-30-25-10-6-4-8-23(21)25/h3-10,13,18-20,30H,11-12,14-17H2,1-2H3. The third-order valence-electron chi connectivity index (χ3n) is 6.56. The number of hydrogen-bond donors (Lipinski definition) is 1. The Morgan fingerprint density at radius 3 is 2.67 bits per heavy atom. The van der Waals surface area contributed by atoms with E-state index in [1.807, 2.05) is 48.4 Å². The Labute approximate surface area is 214 Å². The van der Waals surface area contributed by atoms with Crippen LogP contribution in [0.15, 0.2) is 60.1 Å². The number of morpholine rings is 1. The first kappa shape index (κ1) is 24.6. The Balaban J connectivity index is 1.31. The summed E-state index contributed by atoms with van der Waals surface area (Å²) >= 11 is 1.48. The van der Waals surface area contributed by atoms with Crippen LogP contribution in [-0.2, 0) is 24.2 Å². The number of H-pyrrole nitrogens is 1. The molecule has 2 unspecified atom stereocenters. The van der Waals surface area contributed by atoms with Crippen LogP contribution in [-0.4, -0.2) is 57.5 Å². The number of amides is 1. The van der Waals surface area contributed by atoms with Crippen molar-refractivity contribution in [3.8, 4) is 0 Å². The van der Waals surface area contributed by atoms with E-state index in [2.05, 4.69) is 33.2 Å². The van der Waals surface area contributed by atoms with Crippen molar-refractivity contribution in [2.75, 3.05) is 19.6 Å². The quantitative estimate of drug-likeness (QED) is 0.354. The lowest BCUT2D eigenvalue weighted by Gasteiger charge is -2.34. The topological polar surface area (TPSA) is 61.5 Å². The largest absolute Gasteiger partial charge is 0.372 e. The Morgan fingerprint density at radius 1 is 1.11 bits per heavy atom. The van der Waals surface area contributed by atoms with Crippen LogP contribution in [0.25, 0.3) is 10.9 Å². The maximum Gasteiger partial charge on any atom is 0.273 e. The van der Waals surface area contributed by atoms with Crippen molar-refractivity contribution >= 4 is 28.1 Å². The number of carbonyl (C=O) groups excluding carboxylic acids is 1. The van der Waals surface area contributed by atoms with Gasteiger partial charge in [-0.15, -0.1) is 11.3 Å². The molecule has 1 amide bonds. The lowest BCUT2D eigenvalue weighted by atomic mass is 10.1. The molecular formula is C28H31FN4O2S. The SMILES string of the molecule is CC1CN(C(=O)c2csc(CN(CCc3c[nH]c4ccccc34)Cc3ccccc3F)n2)CC(C)O1. The van der Waals surface area contributed by atoms with Gasteiger partial charge in [0, 0.05) is 54.2 Å². The number of rotatable bonds is 8. The highest BCUT2D eigenvalue weighted by molar-refractivity contribution is 7.09. The first-order valence-electron chi connectivity index (χ1n) is 12.4. The van der Waals surface area contributed by atoms with Crippen LogP contribution in [0.4, 0.5) is 4.39 Å². The average Bonchev–Trinajstić information content (AvgIpc) is 3.50. The molecule has 0 spiro atoms. The summed E-state index contributed by atoms with van der Waals surface area (Å²) in [5, 5.41) is 3.89. The van der Waals surface area contributed by atoms with E-state index >= 15 is 0 Å². The highest BCUT2D eigenvalue weighted by Gasteiger charge is 2.28. The van der Waals surface area contributed by atoms with Crippen molar-refractivity contribution < 1.29 is 13.9 Å². The molecule has 4 aromatic rings. The van der Waals surface area contributed by atoms with E-state index in [9.17, 15) is 9.18 Å². The van der Waals surface area contributed by atoms with E-state index in [0.717, 1.165) is 23.5 Å². The number of fused-ring (bicyclic) bond motifs is 1. The van der Waals surface area contributed by atoms with E-state index in [4.69, 9.17) is 4.74 Å². The maximum atomic E-state index is 14.5. The van der Waals surface area contributed by atoms with Gasteiger partial charge in [-0.05, 0) is 38.0 Å². The van der Waals surface area contributed by atoms with Gasteiger partial charge in [-0.25, -0.2) is 9.37 Å². The van der Waals surface area contributed by atoms with Crippen LogP contribution in [0.3, 0.4) is 0 Å². The summed E-state index contributed by atoms with van der Waals surface area (Å²) in [4.78, 5) is 25.1. The number of hydrogen-bond acceptors (Lipinski definition) is 5. The molecule has 0 bridgehead atoms. The Hall–Kier alpha value is -3.07. The molecule has 0 aliphatic carbocycles. The smallest absolute Gasteiger partial charge is 0.273 e. The molecule has 36 heavy (non-hydrogen) atoms. The molecule has 1 N–H and O–H groups in total. The van der Waals surface area contributed by atoms with Gasteiger partial charge in [-0.2, -0.15) is 0 Å². The van der Waals surface area contributed by atoms with Gasteiger partial charge in [0.05, 0.1) is 18.8 Å². The van der Waals surface area contributed by atoms with Gasteiger partial charge in [0.2, 0.25) is 0 Å². The molecule has 0 saturated carbocycles. The number of carbonyl (C=O) groups is 1. The first-order valence-corrected chi connectivity index (χ1v) is 13.2. The number of para-hydroxylation sites is 1. The number of aromatic nitrogens is 2. The molecule has 2 atom stereocenters. The molecule has 3 heterocycles. The van der Waals surface area contributed by atoms with E-state index < -0.39 is 0 Å². The zero-order valence-electron chi connectivity index (χ0n) is 20.6. The van der Waals surface area contributed by atoms with Crippen LogP contribution in [0.2, 0.25) is 0 Å². The lowest BCUT2D eigenvalue weighted by Crippen LogP contribution is -2.48. The van der Waals surface area contributed by atoms with Gasteiger partial charge in [-0.1, -0.05) is 36.4 Å². The van der Waals surface area contributed by atoms with E-state index in [0.29, 0.717) is 37.4 Å². The molecule has 5 rings (SSSR count). The fraction of sp³-hybridized carbons (Fsp3) is 0.357. The normalized spacial score (nSPS) is 18.3. The molecule has 1 fully saturated rings. The van der Waals surface area contributed by atoms with Crippen LogP contribution in [0.5, 0.6) is 0 Å². The van der Waals surface area contributed by atoms with Crippen molar-refractivity contribution in [1.82, 2.24) is 19.8 Å². The van der Waals surface area contributed by atoms with Crippen molar-refractivity contribution in [3.05, 3.63) is 87.8 Å². The summed E-state index contributed by atoms with van der Waals surface area (Å²) in [5.74, 6) is -0.265. The van der Waals surface area contributed by atoms with Crippen LogP contribution in [0, 0.1) is 5.82 Å². The molecule has 188 valence electrons. The van der Waals surface area contributed by atoms with E-state index in [1.54, 1.807) is 6.07 Å². The second kappa shape index (κ2) is 10.9. The van der Waals surface area contributed by atoms with Gasteiger partial charge in [0.25, 0.3) is 5.91 Å². The second-order valence-corrected chi connectivity index (χ2v) is 10.4. The van der Waals surface area contributed by atoms with Crippen molar-refractivity contribution in [1.29, 1.82) is 0 Å². The number of nitrogens with zero attached hydrogens (tertiary/aromatic N) is 3. The number of thiazole rings is 1. The van der Waals surface area contributed by atoms with Gasteiger partial charge < -0.3 is 14.6 Å². The predicted octanol–water partition coefficient (Wildman–Crippen LogP) is 5.26. The third-order valence-corrected chi connectivity index (χ3v) is 7.39. The number of benzene rings is 2. The minimum atomic E-state index is -0.208. The second-order valence-electron chi connectivity index (χ2n) is 9.51. The molecule has 1 aliphatic rings. The van der Waals surface area contributed by atoms with Crippen LogP contribution in [0.1, 0.15) is 40.5 Å². The lowest BCUT2D eigenvalue weighted by molar-refractivity contribution is -0.0587. The summed E-state index contributed by atoms with van der Waals surface area (Å²) in [6.07, 6.45) is 2.89. The molecule has 2 aromatic carbocycles. The fourth-order valence-electron chi connectivity index (χ4n) is 4.88. The first-order chi connectivity index (χ1) is 17.5. The molecule has 1 aliphatic heterocycles. The minimum Gasteiger partial charge on any atom is -0.372 e. The summed E-state index contributed by atoms with van der Waals surface area (Å²) in [5.41, 5.74) is 3.47. The Bertz CT molecular complexity index is 1330. The van der Waals surface area contributed by atoms with Gasteiger partial charge >= 0.3 is 0 Å². The van der Waals surface area contributed by atoms with Crippen LogP contribution < -0.4 is 0 Å². The third kappa shape index (κ3) is 5.67. The predicted molar refractivity (Wildman–Crippen MR) is 141 cm³/mol. The number of halogens is 1. The summed E-state index contributed by atoms with van der Waals surface area (Å²) in [7, 11) is 0. The van der Waals surface area contributed by atoms with Gasteiger partial charge in [0.15, 0.2) is 0 Å². The Morgan fingerprint density at radius 2 is 1.86 bits per heavy atom. The summed E-state index contributed by atoms with van der Waals surface area (Å²) in [6, 6.07) is 15.1. The number of aromatic amines is 1. The summed E-state index contributed by atoms with van der Waals surface area (Å²) in [6.45, 7) is 6.85. The van der Waals surface area contributed by atoms with Crippen molar-refractivity contribution in [2.45, 2.75) is 45.6 Å². The minimum absolute atomic E-state index is 0.0107. The zero-order chi connectivity index (χ0) is 25.1. The molecule has 2 aromatic heterocycles. The zero-order valence-corrected chi connectivity index (χ0v) is 21.4. The number of ether oxygens (including phenoxy) is 1. The molecule has 8 heteroatoms. The van der Waals surface area contributed by atoms with Crippen molar-refractivity contribution in [2.24, 2.45) is 0 Å². The molecule has 6 nitrogen and oxygen atoms in total. The van der Waals surface area contributed by atoms with Crippen molar-refractivity contribution in [3.63, 3.8) is 0 Å². The van der Waals surface area contributed by atoms with E-state index in [1.165, 1.54) is 28.4 Å². The van der Waals surface area contributed by atoms with Gasteiger partial charge in [0.1, 0.15) is 16.5 Å². The van der Waals surface area contributed by atoms with E-state index in [-0.39, 0.29) is 23.9 Å². The fourth-order valence-corrected chi connectivity index (χ4v) is 5.69. The van der Waals surface area contributed by atoms with Crippen LogP contribution >= 0.6 is 11.3 Å². The molecular weight excluding hydrogens is 475 g/mol. The monoisotopic (exact) mass is 506 g/mol. The number of nitrogens with one attached hydrogen (secondary N) is 1. The highest BCUT2D eigenvalue weighted by Crippen LogP contribution is 2.22. The highest BCUT2D eigenvalue weighted by atomic mass is 32.1. The average molecular weight is 507 g/mol. The molecule has 1 saturated heterocycles. The summed E-state index contributed by atoms with van der Waals surface area (Å²) < 4.78 is 20.2.